The standard InChI is InChI=1S/C28H38O3/c1-3-4-14-28(30)17-13-24-23-10-9-20-18-21(29)11-16-27(20,19-31-22-7-5-6-8-22)25(23)12-15-26(24,28)2/h7,18,23-25,30H,5-6,8-17,19H2,1-2H3/t23-,24-,25+,26-,27+,28?/m0/s1. The molecule has 0 heterocycles. The molecular weight excluding hydrogens is 384 g/mol. The predicted molar refractivity (Wildman–Crippen MR) is 122 cm³/mol. The molecule has 0 amide bonds. The van der Waals surface area contributed by atoms with Crippen LogP contribution in [-0.4, -0.2) is 23.1 Å². The van der Waals surface area contributed by atoms with Gasteiger partial charge in [-0.2, -0.15) is 0 Å². The van der Waals surface area contributed by atoms with E-state index in [-0.39, 0.29) is 10.8 Å². The number of fused-ring (bicyclic) bond motifs is 5. The Bertz CT molecular complexity index is 872. The summed E-state index contributed by atoms with van der Waals surface area (Å²) in [5.74, 6) is 9.42. The third kappa shape index (κ3) is 3.24. The van der Waals surface area contributed by atoms with Gasteiger partial charge in [0.1, 0.15) is 0 Å². The highest BCUT2D eigenvalue weighted by Crippen LogP contribution is 2.68. The van der Waals surface area contributed by atoms with E-state index in [0.29, 0.717) is 36.4 Å². The second-order valence-corrected chi connectivity index (χ2v) is 11.2. The predicted octanol–water partition coefficient (Wildman–Crippen LogP) is 5.73. The van der Waals surface area contributed by atoms with Crippen molar-refractivity contribution in [2.45, 2.75) is 96.5 Å². The smallest absolute Gasteiger partial charge is 0.155 e. The fraction of sp³-hybridized carbons (Fsp3) is 0.750. The first-order valence-electron chi connectivity index (χ1n) is 12.6. The van der Waals surface area contributed by atoms with Crippen molar-refractivity contribution in [3.8, 4) is 11.8 Å². The van der Waals surface area contributed by atoms with Crippen LogP contribution in [0.2, 0.25) is 0 Å². The van der Waals surface area contributed by atoms with Crippen molar-refractivity contribution in [1.29, 1.82) is 0 Å². The fourth-order valence-corrected chi connectivity index (χ4v) is 8.26. The van der Waals surface area contributed by atoms with Crippen LogP contribution in [-0.2, 0) is 9.53 Å². The molecule has 0 saturated heterocycles. The number of hydrogen-bond donors (Lipinski definition) is 1. The second kappa shape index (κ2) is 7.80. The summed E-state index contributed by atoms with van der Waals surface area (Å²) in [7, 11) is 0. The number of carbonyl (C=O) groups is 1. The Labute approximate surface area is 187 Å². The van der Waals surface area contributed by atoms with E-state index >= 15 is 0 Å². The minimum atomic E-state index is -0.650. The summed E-state index contributed by atoms with van der Waals surface area (Å²) in [5.41, 5.74) is 0.700. The van der Waals surface area contributed by atoms with Crippen LogP contribution in [0.1, 0.15) is 90.9 Å². The van der Waals surface area contributed by atoms with Gasteiger partial charge in [-0.05, 0) is 94.6 Å². The van der Waals surface area contributed by atoms with Crippen LogP contribution in [0.3, 0.4) is 0 Å². The number of ketones is 1. The lowest BCUT2D eigenvalue weighted by Gasteiger charge is -2.59. The lowest BCUT2D eigenvalue weighted by molar-refractivity contribution is -0.136. The number of carbonyl (C=O) groups excluding carboxylic acids is 1. The molecule has 168 valence electrons. The summed E-state index contributed by atoms with van der Waals surface area (Å²) in [6.45, 7) is 4.96. The van der Waals surface area contributed by atoms with E-state index in [1.54, 1.807) is 0 Å². The first-order chi connectivity index (χ1) is 14.9. The molecule has 0 radical (unpaired) electrons. The van der Waals surface area contributed by atoms with Crippen LogP contribution in [0.5, 0.6) is 0 Å². The van der Waals surface area contributed by atoms with Crippen LogP contribution in [0.15, 0.2) is 23.5 Å². The van der Waals surface area contributed by atoms with Crippen LogP contribution >= 0.6 is 0 Å². The van der Waals surface area contributed by atoms with E-state index in [2.05, 4.69) is 24.8 Å². The Morgan fingerprint density at radius 1 is 1.13 bits per heavy atom. The van der Waals surface area contributed by atoms with E-state index in [9.17, 15) is 9.90 Å². The van der Waals surface area contributed by atoms with Gasteiger partial charge in [0.15, 0.2) is 5.78 Å². The zero-order valence-electron chi connectivity index (χ0n) is 19.3. The molecule has 0 spiro atoms. The molecule has 5 aliphatic carbocycles. The highest BCUT2D eigenvalue weighted by molar-refractivity contribution is 5.91. The summed E-state index contributed by atoms with van der Waals surface area (Å²) < 4.78 is 6.46. The lowest BCUT2D eigenvalue weighted by Crippen LogP contribution is -2.56. The molecule has 0 aromatic heterocycles. The monoisotopic (exact) mass is 422 g/mol. The lowest BCUT2D eigenvalue weighted by atomic mass is 9.46. The molecule has 3 heteroatoms. The Kier molecular flexibility index (Phi) is 5.37. The number of aliphatic hydroxyl groups is 1. The number of allylic oxidation sites excluding steroid dienone is 2. The molecule has 5 aliphatic rings. The molecule has 6 atom stereocenters. The third-order valence-corrected chi connectivity index (χ3v) is 10.1. The average Bonchev–Trinajstić information content (AvgIpc) is 3.37. The van der Waals surface area contributed by atoms with Gasteiger partial charge >= 0.3 is 0 Å². The number of rotatable bonds is 4. The second-order valence-electron chi connectivity index (χ2n) is 11.2. The highest BCUT2D eigenvalue weighted by Gasteiger charge is 2.64. The SMILES string of the molecule is CC#CCC1(O)CC[C@H]2[C@@H]3CCC4=CC(=O)CC[C@]4(COC4=CCCC4)[C@@H]3CC[C@@]21C. The minimum absolute atomic E-state index is 0.0194. The maximum Gasteiger partial charge on any atom is 0.155 e. The van der Waals surface area contributed by atoms with Gasteiger partial charge in [0.05, 0.1) is 18.0 Å². The minimum Gasteiger partial charge on any atom is -0.497 e. The molecule has 0 bridgehead atoms. The molecule has 0 aliphatic heterocycles. The van der Waals surface area contributed by atoms with Gasteiger partial charge in [0.25, 0.3) is 0 Å². The van der Waals surface area contributed by atoms with E-state index < -0.39 is 5.60 Å². The fourth-order valence-electron chi connectivity index (χ4n) is 8.26. The molecular formula is C28H38O3. The summed E-state index contributed by atoms with van der Waals surface area (Å²) in [5, 5.41) is 11.7. The van der Waals surface area contributed by atoms with Crippen LogP contribution < -0.4 is 0 Å². The van der Waals surface area contributed by atoms with Crippen molar-refractivity contribution in [2.75, 3.05) is 6.61 Å². The quantitative estimate of drug-likeness (QED) is 0.589. The first-order valence-corrected chi connectivity index (χ1v) is 12.6. The normalized spacial score (nSPS) is 43.7. The molecule has 31 heavy (non-hydrogen) atoms. The summed E-state index contributed by atoms with van der Waals surface area (Å²) in [4.78, 5) is 12.3. The van der Waals surface area contributed by atoms with Crippen molar-refractivity contribution in [3.63, 3.8) is 0 Å². The zero-order valence-corrected chi connectivity index (χ0v) is 19.3. The van der Waals surface area contributed by atoms with Crippen molar-refractivity contribution in [2.24, 2.45) is 28.6 Å². The molecule has 3 nitrogen and oxygen atoms in total. The summed E-state index contributed by atoms with van der Waals surface area (Å²) in [6, 6.07) is 0. The van der Waals surface area contributed by atoms with Crippen molar-refractivity contribution < 1.29 is 14.6 Å². The van der Waals surface area contributed by atoms with Crippen LogP contribution in [0, 0.1) is 40.4 Å². The molecule has 1 N–H and O–H groups in total. The van der Waals surface area contributed by atoms with Crippen molar-refractivity contribution in [1.82, 2.24) is 0 Å². The Morgan fingerprint density at radius 3 is 2.74 bits per heavy atom. The van der Waals surface area contributed by atoms with E-state index in [1.807, 2.05) is 13.0 Å². The molecule has 3 saturated carbocycles. The Hall–Kier alpha value is -1.53. The summed E-state index contributed by atoms with van der Waals surface area (Å²) >= 11 is 0. The van der Waals surface area contributed by atoms with E-state index in [4.69, 9.17) is 4.74 Å². The Balaban J connectivity index is 1.45. The topological polar surface area (TPSA) is 46.5 Å². The Morgan fingerprint density at radius 2 is 1.97 bits per heavy atom. The maximum absolute atomic E-state index is 12.3. The van der Waals surface area contributed by atoms with Gasteiger partial charge < -0.3 is 9.84 Å². The van der Waals surface area contributed by atoms with Crippen molar-refractivity contribution in [3.05, 3.63) is 23.5 Å². The number of ether oxygens (including phenoxy) is 1. The van der Waals surface area contributed by atoms with Gasteiger partial charge in [0.2, 0.25) is 0 Å². The molecule has 5 rings (SSSR count). The van der Waals surface area contributed by atoms with Crippen LogP contribution in [0.4, 0.5) is 0 Å². The largest absolute Gasteiger partial charge is 0.497 e. The molecule has 1 unspecified atom stereocenters. The van der Waals surface area contributed by atoms with Gasteiger partial charge in [-0.25, -0.2) is 0 Å². The van der Waals surface area contributed by atoms with Gasteiger partial charge in [-0.1, -0.05) is 12.5 Å². The van der Waals surface area contributed by atoms with E-state index in [1.165, 1.54) is 17.8 Å². The summed E-state index contributed by atoms with van der Waals surface area (Å²) in [6.07, 6.45) is 16.2. The molecule has 0 aromatic rings. The molecule has 0 aromatic carbocycles. The zero-order chi connectivity index (χ0) is 21.7. The van der Waals surface area contributed by atoms with Gasteiger partial charge in [0, 0.05) is 30.1 Å². The van der Waals surface area contributed by atoms with Crippen LogP contribution in [0.25, 0.3) is 0 Å². The average molecular weight is 423 g/mol. The third-order valence-electron chi connectivity index (χ3n) is 10.1. The van der Waals surface area contributed by atoms with Gasteiger partial charge in [-0.3, -0.25) is 4.79 Å². The van der Waals surface area contributed by atoms with E-state index in [0.717, 1.165) is 64.4 Å². The van der Waals surface area contributed by atoms with Gasteiger partial charge in [-0.15, -0.1) is 11.8 Å². The molecule has 3 fully saturated rings. The number of hydrogen-bond acceptors (Lipinski definition) is 3. The first kappa shape index (κ1) is 21.3. The van der Waals surface area contributed by atoms with Crippen molar-refractivity contribution >= 4 is 5.78 Å². The highest BCUT2D eigenvalue weighted by atomic mass is 16.5. The maximum atomic E-state index is 12.3.